The molecule has 0 radical (unpaired) electrons. The lowest BCUT2D eigenvalue weighted by atomic mass is 10.0. The third kappa shape index (κ3) is 2.96. The molecule has 0 aliphatic carbocycles. The zero-order chi connectivity index (χ0) is 19.8. The number of fused-ring (bicyclic) bond motifs is 5. The van der Waals surface area contributed by atoms with Crippen molar-refractivity contribution in [1.82, 2.24) is 14.5 Å². The Bertz CT molecular complexity index is 1240. The topological polar surface area (TPSA) is 56.6 Å². The predicted molar refractivity (Wildman–Crippen MR) is 113 cm³/mol. The molecule has 28 heavy (non-hydrogen) atoms. The summed E-state index contributed by atoms with van der Waals surface area (Å²) >= 11 is 0. The number of pyridine rings is 2. The molecule has 0 amide bonds. The number of ether oxygens (including phenoxy) is 2. The van der Waals surface area contributed by atoms with E-state index >= 15 is 0 Å². The molecule has 0 fully saturated rings. The fourth-order valence-corrected chi connectivity index (χ4v) is 3.60. The minimum atomic E-state index is -0.0291. The normalized spacial score (nSPS) is 11.6. The number of benzene rings is 2. The summed E-state index contributed by atoms with van der Waals surface area (Å²) in [6, 6.07) is 11.4. The number of aromatic nitrogens is 2. The van der Waals surface area contributed by atoms with E-state index in [4.69, 9.17) is 9.47 Å². The molecule has 0 aliphatic rings. The quantitative estimate of drug-likeness (QED) is 0.500. The van der Waals surface area contributed by atoms with E-state index in [1.54, 1.807) is 20.3 Å². The van der Waals surface area contributed by atoms with E-state index in [0.717, 1.165) is 39.5 Å². The SMILES string of the molecule is COc1ccc2c(c1)c(=O)n(CCN(C)C)c1c3cc(OC)ccc3ncc21. The molecule has 6 heteroatoms. The number of nitrogens with zero attached hydrogens (tertiary/aromatic N) is 3. The summed E-state index contributed by atoms with van der Waals surface area (Å²) in [6.45, 7) is 1.32. The number of hydrogen-bond acceptors (Lipinski definition) is 5. The van der Waals surface area contributed by atoms with Crippen LogP contribution in [0.3, 0.4) is 0 Å². The summed E-state index contributed by atoms with van der Waals surface area (Å²) in [4.78, 5) is 20.2. The minimum absolute atomic E-state index is 0.0291. The summed E-state index contributed by atoms with van der Waals surface area (Å²) in [5.41, 5.74) is 1.69. The average molecular weight is 377 g/mol. The lowest BCUT2D eigenvalue weighted by Crippen LogP contribution is -2.27. The highest BCUT2D eigenvalue weighted by molar-refractivity contribution is 6.14. The van der Waals surface area contributed by atoms with Crippen molar-refractivity contribution >= 4 is 32.6 Å². The van der Waals surface area contributed by atoms with Crippen LogP contribution in [0.25, 0.3) is 32.6 Å². The fourth-order valence-electron chi connectivity index (χ4n) is 3.60. The Labute approximate surface area is 162 Å². The smallest absolute Gasteiger partial charge is 0.259 e. The molecule has 0 unspecified atom stereocenters. The van der Waals surface area contributed by atoms with E-state index in [9.17, 15) is 4.79 Å². The molecule has 0 spiro atoms. The van der Waals surface area contributed by atoms with Gasteiger partial charge in [-0.1, -0.05) is 0 Å². The van der Waals surface area contributed by atoms with Crippen LogP contribution in [0, 0.1) is 0 Å². The van der Waals surface area contributed by atoms with Gasteiger partial charge in [0.1, 0.15) is 11.5 Å². The van der Waals surface area contributed by atoms with Crippen LogP contribution in [0.1, 0.15) is 0 Å². The van der Waals surface area contributed by atoms with E-state index < -0.39 is 0 Å². The first kappa shape index (κ1) is 18.3. The van der Waals surface area contributed by atoms with Gasteiger partial charge in [0, 0.05) is 30.1 Å². The van der Waals surface area contributed by atoms with Gasteiger partial charge in [-0.25, -0.2) is 0 Å². The fraction of sp³-hybridized carbons (Fsp3) is 0.273. The first-order chi connectivity index (χ1) is 13.5. The van der Waals surface area contributed by atoms with Crippen molar-refractivity contribution in [3.63, 3.8) is 0 Å². The molecular weight excluding hydrogens is 354 g/mol. The van der Waals surface area contributed by atoms with E-state index in [-0.39, 0.29) is 5.56 Å². The van der Waals surface area contributed by atoms with Gasteiger partial charge >= 0.3 is 0 Å². The molecule has 0 saturated carbocycles. The second-order valence-corrected chi connectivity index (χ2v) is 7.08. The van der Waals surface area contributed by atoms with Gasteiger partial charge in [-0.05, 0) is 55.9 Å². The molecule has 0 aliphatic heterocycles. The Balaban J connectivity index is 2.18. The van der Waals surface area contributed by atoms with Crippen LogP contribution in [0.2, 0.25) is 0 Å². The summed E-state index contributed by atoms with van der Waals surface area (Å²) in [7, 11) is 7.24. The summed E-state index contributed by atoms with van der Waals surface area (Å²) < 4.78 is 12.6. The van der Waals surface area contributed by atoms with Crippen molar-refractivity contribution in [3.8, 4) is 11.5 Å². The van der Waals surface area contributed by atoms with Crippen LogP contribution in [0.4, 0.5) is 0 Å². The van der Waals surface area contributed by atoms with Gasteiger partial charge < -0.3 is 18.9 Å². The van der Waals surface area contributed by atoms with Crippen molar-refractivity contribution in [1.29, 1.82) is 0 Å². The highest BCUT2D eigenvalue weighted by Crippen LogP contribution is 2.31. The number of likely N-dealkylation sites (N-methyl/N-ethyl adjacent to an activating group) is 1. The molecule has 0 bridgehead atoms. The van der Waals surface area contributed by atoms with Crippen LogP contribution < -0.4 is 15.0 Å². The van der Waals surface area contributed by atoms with Crippen molar-refractivity contribution in [2.75, 3.05) is 34.9 Å². The maximum absolute atomic E-state index is 13.5. The number of methoxy groups -OCH3 is 2. The average Bonchev–Trinajstić information content (AvgIpc) is 2.72. The third-order valence-corrected chi connectivity index (χ3v) is 5.08. The lowest BCUT2D eigenvalue weighted by Gasteiger charge is -2.17. The van der Waals surface area contributed by atoms with Crippen LogP contribution in [0.5, 0.6) is 11.5 Å². The lowest BCUT2D eigenvalue weighted by molar-refractivity contribution is 0.384. The Morgan fingerprint density at radius 1 is 0.929 bits per heavy atom. The Hall–Kier alpha value is -3.12. The summed E-state index contributed by atoms with van der Waals surface area (Å²) in [5.74, 6) is 1.40. The van der Waals surface area contributed by atoms with Crippen molar-refractivity contribution in [3.05, 3.63) is 52.9 Å². The van der Waals surface area contributed by atoms with Gasteiger partial charge in [0.2, 0.25) is 0 Å². The van der Waals surface area contributed by atoms with Gasteiger partial charge in [0.15, 0.2) is 0 Å². The second-order valence-electron chi connectivity index (χ2n) is 7.08. The first-order valence-corrected chi connectivity index (χ1v) is 9.15. The summed E-state index contributed by atoms with van der Waals surface area (Å²) in [5, 5.41) is 3.36. The standard InChI is InChI=1S/C22H23N3O3/c1-24(2)9-10-25-21-18-12-15(28-4)6-8-20(18)23-13-19(21)16-7-5-14(27-3)11-17(16)22(25)26/h5-8,11-13H,9-10H2,1-4H3. The van der Waals surface area contributed by atoms with Crippen LogP contribution in [-0.2, 0) is 6.54 Å². The van der Waals surface area contributed by atoms with Gasteiger partial charge in [-0.2, -0.15) is 0 Å². The molecule has 0 N–H and O–H groups in total. The number of rotatable bonds is 5. The van der Waals surface area contributed by atoms with E-state index in [1.807, 2.05) is 55.2 Å². The predicted octanol–water partition coefficient (Wildman–Crippen LogP) is 3.28. The molecule has 0 atom stereocenters. The Morgan fingerprint density at radius 3 is 2.29 bits per heavy atom. The van der Waals surface area contributed by atoms with Gasteiger partial charge in [0.05, 0.1) is 30.6 Å². The molecule has 4 rings (SSSR count). The van der Waals surface area contributed by atoms with Crippen LogP contribution >= 0.6 is 0 Å². The largest absolute Gasteiger partial charge is 0.497 e. The maximum atomic E-state index is 13.5. The zero-order valence-corrected chi connectivity index (χ0v) is 16.5. The minimum Gasteiger partial charge on any atom is -0.497 e. The van der Waals surface area contributed by atoms with Crippen molar-refractivity contribution in [2.45, 2.75) is 6.54 Å². The van der Waals surface area contributed by atoms with Crippen LogP contribution in [-0.4, -0.2) is 49.3 Å². The molecular formula is C22H23N3O3. The Morgan fingerprint density at radius 2 is 1.61 bits per heavy atom. The molecule has 4 aromatic rings. The second kappa shape index (κ2) is 7.13. The molecule has 2 heterocycles. The third-order valence-electron chi connectivity index (χ3n) is 5.08. The monoisotopic (exact) mass is 377 g/mol. The molecule has 2 aromatic carbocycles. The molecule has 2 aromatic heterocycles. The van der Waals surface area contributed by atoms with E-state index in [2.05, 4.69) is 9.88 Å². The van der Waals surface area contributed by atoms with Crippen LogP contribution in [0.15, 0.2) is 47.4 Å². The molecule has 144 valence electrons. The number of hydrogen-bond donors (Lipinski definition) is 0. The maximum Gasteiger partial charge on any atom is 0.259 e. The zero-order valence-electron chi connectivity index (χ0n) is 16.5. The summed E-state index contributed by atoms with van der Waals surface area (Å²) in [6.07, 6.45) is 1.85. The van der Waals surface area contributed by atoms with Gasteiger partial charge in [-0.3, -0.25) is 9.78 Å². The molecule has 6 nitrogen and oxygen atoms in total. The van der Waals surface area contributed by atoms with E-state index in [0.29, 0.717) is 17.7 Å². The Kier molecular flexibility index (Phi) is 4.65. The van der Waals surface area contributed by atoms with Gasteiger partial charge in [0.25, 0.3) is 5.56 Å². The highest BCUT2D eigenvalue weighted by atomic mass is 16.5. The molecule has 0 saturated heterocycles. The van der Waals surface area contributed by atoms with Crippen molar-refractivity contribution in [2.24, 2.45) is 0 Å². The van der Waals surface area contributed by atoms with Crippen molar-refractivity contribution < 1.29 is 9.47 Å². The van der Waals surface area contributed by atoms with Gasteiger partial charge in [-0.15, -0.1) is 0 Å². The van der Waals surface area contributed by atoms with E-state index in [1.165, 1.54) is 0 Å². The first-order valence-electron chi connectivity index (χ1n) is 9.15. The highest BCUT2D eigenvalue weighted by Gasteiger charge is 2.15.